The van der Waals surface area contributed by atoms with E-state index in [0.717, 1.165) is 11.5 Å². The zero-order valence-corrected chi connectivity index (χ0v) is 10.0. The number of carboxylic acid groups (broad SMARTS) is 1. The molecule has 1 aromatic heterocycles. The molecule has 1 heterocycles. The van der Waals surface area contributed by atoms with Gasteiger partial charge < -0.3 is 9.52 Å². The fraction of sp³-hybridized carbons (Fsp3) is 0.545. The number of hydrogen-bond acceptors (Lipinski definition) is 3. The summed E-state index contributed by atoms with van der Waals surface area (Å²) >= 11 is 1.41. The molecule has 0 aliphatic rings. The van der Waals surface area contributed by atoms with Gasteiger partial charge in [-0.05, 0) is 25.0 Å². The van der Waals surface area contributed by atoms with Crippen molar-refractivity contribution in [2.24, 2.45) is 5.92 Å². The fourth-order valence-corrected chi connectivity index (χ4v) is 2.31. The molecule has 0 amide bonds. The van der Waals surface area contributed by atoms with Gasteiger partial charge in [-0.3, -0.25) is 4.79 Å². The Labute approximate surface area is 93.9 Å². The highest BCUT2D eigenvalue weighted by molar-refractivity contribution is 7.99. The summed E-state index contributed by atoms with van der Waals surface area (Å²) in [5.41, 5.74) is 0. The van der Waals surface area contributed by atoms with Gasteiger partial charge >= 0.3 is 5.97 Å². The fourth-order valence-electron chi connectivity index (χ4n) is 1.28. The van der Waals surface area contributed by atoms with E-state index in [0.29, 0.717) is 5.75 Å². The zero-order valence-electron chi connectivity index (χ0n) is 9.19. The van der Waals surface area contributed by atoms with Crippen molar-refractivity contribution in [3.8, 4) is 0 Å². The lowest BCUT2D eigenvalue weighted by molar-refractivity contribution is -0.137. The Morgan fingerprint density at radius 1 is 1.53 bits per heavy atom. The maximum absolute atomic E-state index is 10.9. The van der Waals surface area contributed by atoms with E-state index in [1.807, 2.05) is 32.9 Å². The van der Waals surface area contributed by atoms with Crippen LogP contribution in [0.5, 0.6) is 0 Å². The molecule has 0 radical (unpaired) electrons. The number of furan rings is 1. The van der Waals surface area contributed by atoms with Crippen LogP contribution in [0, 0.1) is 12.8 Å². The molecule has 0 saturated carbocycles. The number of thioether (sulfide) groups is 1. The Hall–Kier alpha value is -0.900. The first-order valence-electron chi connectivity index (χ1n) is 4.90. The lowest BCUT2D eigenvalue weighted by atomic mass is 10.1. The highest BCUT2D eigenvalue weighted by Crippen LogP contribution is 2.24. The van der Waals surface area contributed by atoms with E-state index in [1.165, 1.54) is 11.8 Å². The molecule has 84 valence electrons. The summed E-state index contributed by atoms with van der Waals surface area (Å²) in [6, 6.07) is 3.78. The van der Waals surface area contributed by atoms with Gasteiger partial charge in [0.05, 0.1) is 5.75 Å². The smallest absolute Gasteiger partial charge is 0.316 e. The van der Waals surface area contributed by atoms with Crippen LogP contribution in [0.3, 0.4) is 0 Å². The second kappa shape index (κ2) is 5.26. The maximum Gasteiger partial charge on any atom is 0.316 e. The van der Waals surface area contributed by atoms with E-state index in [2.05, 4.69) is 0 Å². The summed E-state index contributed by atoms with van der Waals surface area (Å²) in [5, 5.41) is 8.61. The highest BCUT2D eigenvalue weighted by atomic mass is 32.2. The number of rotatable bonds is 5. The van der Waals surface area contributed by atoms with E-state index in [4.69, 9.17) is 9.52 Å². The van der Waals surface area contributed by atoms with Crippen LogP contribution >= 0.6 is 11.8 Å². The molecule has 0 bridgehead atoms. The Morgan fingerprint density at radius 3 is 2.60 bits per heavy atom. The predicted molar refractivity (Wildman–Crippen MR) is 61.0 cm³/mol. The molecule has 1 rings (SSSR count). The Balaban J connectivity index is 2.50. The van der Waals surface area contributed by atoms with Gasteiger partial charge in [-0.25, -0.2) is 0 Å². The van der Waals surface area contributed by atoms with Crippen LogP contribution in [-0.4, -0.2) is 16.3 Å². The van der Waals surface area contributed by atoms with Gasteiger partial charge in [-0.2, -0.15) is 0 Å². The first kappa shape index (κ1) is 12.2. The molecule has 15 heavy (non-hydrogen) atoms. The van der Waals surface area contributed by atoms with E-state index in [1.54, 1.807) is 0 Å². The van der Waals surface area contributed by atoms with Gasteiger partial charge in [0.2, 0.25) is 0 Å². The minimum atomic E-state index is -0.752. The van der Waals surface area contributed by atoms with E-state index >= 15 is 0 Å². The molecule has 4 heteroatoms. The average Bonchev–Trinajstić information content (AvgIpc) is 2.50. The molecule has 3 nitrogen and oxygen atoms in total. The summed E-state index contributed by atoms with van der Waals surface area (Å²) in [6.07, 6.45) is 0. The maximum atomic E-state index is 10.9. The van der Waals surface area contributed by atoms with Crippen molar-refractivity contribution in [1.82, 2.24) is 0 Å². The number of carbonyl (C=O) groups is 1. The van der Waals surface area contributed by atoms with Crippen LogP contribution in [0.15, 0.2) is 16.5 Å². The summed E-state index contributed by atoms with van der Waals surface area (Å²) in [4.78, 5) is 10.9. The monoisotopic (exact) mass is 228 g/mol. The summed E-state index contributed by atoms with van der Waals surface area (Å²) < 4.78 is 5.38. The van der Waals surface area contributed by atoms with Gasteiger partial charge in [-0.15, -0.1) is 11.8 Å². The minimum absolute atomic E-state index is 0.128. The third-order valence-electron chi connectivity index (χ3n) is 2.05. The van der Waals surface area contributed by atoms with Crippen molar-refractivity contribution < 1.29 is 14.3 Å². The molecule has 0 aliphatic carbocycles. The minimum Gasteiger partial charge on any atom is -0.480 e. The van der Waals surface area contributed by atoms with Gasteiger partial charge in [-0.1, -0.05) is 13.8 Å². The van der Waals surface area contributed by atoms with Crippen LogP contribution in [-0.2, 0) is 10.5 Å². The molecule has 0 aliphatic heterocycles. The van der Waals surface area contributed by atoms with Crippen molar-refractivity contribution in [1.29, 1.82) is 0 Å². The van der Waals surface area contributed by atoms with Crippen molar-refractivity contribution in [3.05, 3.63) is 23.7 Å². The molecule has 0 saturated heterocycles. The molecular weight excluding hydrogens is 212 g/mol. The Kier molecular flexibility index (Phi) is 4.27. The average molecular weight is 228 g/mol. The second-order valence-electron chi connectivity index (χ2n) is 3.83. The number of hydrogen-bond donors (Lipinski definition) is 1. The van der Waals surface area contributed by atoms with Crippen LogP contribution in [0.25, 0.3) is 0 Å². The normalized spacial score (nSPS) is 13.1. The molecule has 1 atom stereocenters. The summed E-state index contributed by atoms with van der Waals surface area (Å²) in [6.45, 7) is 5.71. The van der Waals surface area contributed by atoms with Crippen LogP contribution in [0.4, 0.5) is 0 Å². The second-order valence-corrected chi connectivity index (χ2v) is 4.96. The van der Waals surface area contributed by atoms with Crippen LogP contribution in [0.2, 0.25) is 0 Å². The molecule has 0 aromatic carbocycles. The SMILES string of the molecule is Cc1ccc(CSC(C(=O)O)C(C)C)o1. The number of aryl methyl sites for hydroxylation is 1. The number of aliphatic carboxylic acids is 1. The van der Waals surface area contributed by atoms with Crippen molar-refractivity contribution >= 4 is 17.7 Å². The first-order valence-corrected chi connectivity index (χ1v) is 5.95. The highest BCUT2D eigenvalue weighted by Gasteiger charge is 2.22. The molecule has 1 N–H and O–H groups in total. The predicted octanol–water partition coefficient (Wildman–Crippen LogP) is 2.93. The van der Waals surface area contributed by atoms with E-state index in [9.17, 15) is 4.79 Å². The largest absolute Gasteiger partial charge is 0.480 e. The lowest BCUT2D eigenvalue weighted by Gasteiger charge is -2.14. The molecule has 0 spiro atoms. The zero-order chi connectivity index (χ0) is 11.4. The van der Waals surface area contributed by atoms with Gasteiger partial charge in [0.1, 0.15) is 16.8 Å². The molecular formula is C11H16O3S. The van der Waals surface area contributed by atoms with Crippen molar-refractivity contribution in [3.63, 3.8) is 0 Å². The lowest BCUT2D eigenvalue weighted by Crippen LogP contribution is -2.22. The van der Waals surface area contributed by atoms with Gasteiger partial charge in [0, 0.05) is 0 Å². The van der Waals surface area contributed by atoms with Gasteiger partial charge in [0.15, 0.2) is 0 Å². The molecule has 0 fully saturated rings. The van der Waals surface area contributed by atoms with Crippen molar-refractivity contribution in [2.45, 2.75) is 31.8 Å². The topological polar surface area (TPSA) is 50.4 Å². The summed E-state index contributed by atoms with van der Waals surface area (Å²) in [5.74, 6) is 1.69. The van der Waals surface area contributed by atoms with Gasteiger partial charge in [0.25, 0.3) is 0 Å². The quantitative estimate of drug-likeness (QED) is 0.841. The summed E-state index contributed by atoms with van der Waals surface area (Å²) in [7, 11) is 0. The standard InChI is InChI=1S/C11H16O3S/c1-7(2)10(11(12)13)15-6-9-5-4-8(3)14-9/h4-5,7,10H,6H2,1-3H3,(H,12,13). The Morgan fingerprint density at radius 2 is 2.20 bits per heavy atom. The van der Waals surface area contributed by atoms with E-state index in [-0.39, 0.29) is 11.2 Å². The molecule has 1 unspecified atom stereocenters. The Bertz CT molecular complexity index is 330. The third kappa shape index (κ3) is 3.63. The first-order chi connectivity index (χ1) is 7.00. The van der Waals surface area contributed by atoms with E-state index < -0.39 is 5.97 Å². The van der Waals surface area contributed by atoms with Crippen LogP contribution < -0.4 is 0 Å². The molecule has 1 aromatic rings. The third-order valence-corrected chi connectivity index (χ3v) is 3.61. The van der Waals surface area contributed by atoms with Crippen molar-refractivity contribution in [2.75, 3.05) is 0 Å². The van der Waals surface area contributed by atoms with Crippen LogP contribution in [0.1, 0.15) is 25.4 Å². The number of carboxylic acids is 1.